The van der Waals surface area contributed by atoms with Gasteiger partial charge in [-0.05, 0) is 69.1 Å². The van der Waals surface area contributed by atoms with Gasteiger partial charge in [0.25, 0.3) is 5.91 Å². The molecular weight excluding hydrogens is 356 g/mol. The molecule has 1 saturated heterocycles. The minimum absolute atomic E-state index is 0.135. The molecule has 1 aliphatic heterocycles. The van der Waals surface area contributed by atoms with Gasteiger partial charge in [-0.3, -0.25) is 14.5 Å². The molecule has 3 aliphatic carbocycles. The minimum Gasteiger partial charge on any atom is -0.351 e. The second-order valence-corrected chi connectivity index (χ2v) is 9.53. The molecule has 4 amide bonds. The van der Waals surface area contributed by atoms with E-state index in [4.69, 9.17) is 5.73 Å². The van der Waals surface area contributed by atoms with Crippen LogP contribution in [-0.4, -0.2) is 46.9 Å². The summed E-state index contributed by atoms with van der Waals surface area (Å²) in [4.78, 5) is 39.3. The van der Waals surface area contributed by atoms with E-state index in [9.17, 15) is 14.4 Å². The highest BCUT2D eigenvalue weighted by atomic mass is 16.2. The molecule has 2 bridgehead atoms. The van der Waals surface area contributed by atoms with Crippen LogP contribution < -0.4 is 16.4 Å². The Bertz CT molecular complexity index is 630. The van der Waals surface area contributed by atoms with Crippen LogP contribution in [0, 0.1) is 17.8 Å². The van der Waals surface area contributed by atoms with E-state index in [1.165, 1.54) is 6.42 Å². The van der Waals surface area contributed by atoms with Gasteiger partial charge in [-0.2, -0.15) is 0 Å². The number of nitrogens with two attached hydrogens (primary N) is 1. The zero-order valence-electron chi connectivity index (χ0n) is 16.9. The summed E-state index contributed by atoms with van der Waals surface area (Å²) in [5.74, 6) is 1.04. The molecule has 0 aromatic rings. The van der Waals surface area contributed by atoms with Gasteiger partial charge in [0, 0.05) is 12.1 Å². The summed E-state index contributed by atoms with van der Waals surface area (Å²) >= 11 is 0. The monoisotopic (exact) mass is 390 g/mol. The summed E-state index contributed by atoms with van der Waals surface area (Å²) in [6, 6.07) is -0.0516. The van der Waals surface area contributed by atoms with Gasteiger partial charge in [0.2, 0.25) is 5.91 Å². The quantitative estimate of drug-likeness (QED) is 0.638. The molecule has 4 aliphatic rings. The van der Waals surface area contributed by atoms with Crippen LogP contribution in [0.3, 0.4) is 0 Å². The first-order valence-electron chi connectivity index (χ1n) is 11.1. The van der Waals surface area contributed by atoms with Crippen molar-refractivity contribution in [1.82, 2.24) is 15.5 Å². The molecule has 0 radical (unpaired) electrons. The fraction of sp³-hybridized carbons (Fsp3) is 0.857. The van der Waals surface area contributed by atoms with E-state index in [1.54, 1.807) is 0 Å². The zero-order valence-corrected chi connectivity index (χ0v) is 16.9. The third-order valence-electron chi connectivity index (χ3n) is 7.79. The fourth-order valence-electron chi connectivity index (χ4n) is 6.14. The number of imide groups is 1. The van der Waals surface area contributed by atoms with Crippen molar-refractivity contribution in [1.29, 1.82) is 0 Å². The highest BCUT2D eigenvalue weighted by molar-refractivity contribution is 6.09. The van der Waals surface area contributed by atoms with Crippen LogP contribution in [0.15, 0.2) is 0 Å². The molecule has 4 rings (SSSR count). The lowest BCUT2D eigenvalue weighted by Crippen LogP contribution is -2.55. The highest BCUT2D eigenvalue weighted by Crippen LogP contribution is 2.40. The van der Waals surface area contributed by atoms with Gasteiger partial charge in [-0.1, -0.05) is 19.8 Å². The number of amides is 4. The molecule has 7 heteroatoms. The van der Waals surface area contributed by atoms with Crippen LogP contribution in [-0.2, 0) is 9.59 Å². The number of rotatable bonds is 4. The first-order valence-corrected chi connectivity index (χ1v) is 11.1. The third kappa shape index (κ3) is 3.53. The Hall–Kier alpha value is -1.63. The number of carbonyl (C=O) groups excluding carboxylic acids is 3. The molecule has 7 nitrogen and oxygen atoms in total. The van der Waals surface area contributed by atoms with Crippen molar-refractivity contribution < 1.29 is 14.4 Å². The first-order chi connectivity index (χ1) is 13.4. The minimum atomic E-state index is -0.781. The summed E-state index contributed by atoms with van der Waals surface area (Å²) in [5.41, 5.74) is 5.39. The Kier molecular flexibility index (Phi) is 5.38. The topological polar surface area (TPSA) is 105 Å². The SMILES string of the molecule is CCC1CCC2(CC1)NC(=O)N(CC(=O)NC1C3CCCC1CC(N)C3)C2=O. The Morgan fingerprint density at radius 3 is 2.43 bits per heavy atom. The lowest BCUT2D eigenvalue weighted by molar-refractivity contribution is -0.136. The largest absolute Gasteiger partial charge is 0.351 e. The molecular formula is C21H34N4O3. The standard InChI is InChI=1S/C21H34N4O3/c1-2-13-6-8-21(9-7-13)19(27)25(20(28)24-21)12-17(26)23-18-14-4-3-5-15(18)11-16(22)10-14/h13-16,18H,2-12,22H2,1H3,(H,23,26)(H,24,28). The van der Waals surface area contributed by atoms with E-state index in [0.717, 1.165) is 49.8 Å². The van der Waals surface area contributed by atoms with E-state index in [2.05, 4.69) is 17.6 Å². The average Bonchev–Trinajstić information content (AvgIpc) is 2.87. The van der Waals surface area contributed by atoms with Crippen molar-refractivity contribution >= 4 is 17.8 Å². The van der Waals surface area contributed by atoms with E-state index in [0.29, 0.717) is 30.6 Å². The maximum Gasteiger partial charge on any atom is 0.325 e. The number of carbonyl (C=O) groups is 3. The van der Waals surface area contributed by atoms with Gasteiger partial charge in [0.05, 0.1) is 0 Å². The van der Waals surface area contributed by atoms with Crippen LogP contribution >= 0.6 is 0 Å². The Balaban J connectivity index is 1.37. The number of hydrogen-bond acceptors (Lipinski definition) is 4. The summed E-state index contributed by atoms with van der Waals surface area (Å²) in [5, 5.41) is 6.06. The maximum atomic E-state index is 13.0. The molecule has 3 saturated carbocycles. The van der Waals surface area contributed by atoms with E-state index >= 15 is 0 Å². The van der Waals surface area contributed by atoms with Crippen LogP contribution in [0.25, 0.3) is 0 Å². The zero-order chi connectivity index (χ0) is 19.9. The smallest absolute Gasteiger partial charge is 0.325 e. The number of nitrogens with zero attached hydrogens (tertiary/aromatic N) is 1. The molecule has 4 N–H and O–H groups in total. The molecule has 156 valence electrons. The Morgan fingerprint density at radius 2 is 1.82 bits per heavy atom. The molecule has 2 unspecified atom stereocenters. The van der Waals surface area contributed by atoms with Gasteiger partial charge >= 0.3 is 6.03 Å². The van der Waals surface area contributed by atoms with Crippen molar-refractivity contribution in [3.8, 4) is 0 Å². The van der Waals surface area contributed by atoms with Crippen molar-refractivity contribution in [3.63, 3.8) is 0 Å². The first kappa shape index (κ1) is 19.7. The summed E-state index contributed by atoms with van der Waals surface area (Å²) < 4.78 is 0. The van der Waals surface area contributed by atoms with Crippen molar-refractivity contribution in [2.24, 2.45) is 23.5 Å². The lowest BCUT2D eigenvalue weighted by atomic mass is 9.67. The number of hydrogen-bond donors (Lipinski definition) is 3. The number of nitrogens with one attached hydrogen (secondary N) is 2. The number of urea groups is 1. The van der Waals surface area contributed by atoms with Crippen LogP contribution in [0.5, 0.6) is 0 Å². The average molecular weight is 391 g/mol. The molecule has 4 fully saturated rings. The van der Waals surface area contributed by atoms with E-state index in [1.807, 2.05) is 0 Å². The summed E-state index contributed by atoms with van der Waals surface area (Å²) in [6.45, 7) is 1.99. The molecule has 0 aromatic heterocycles. The van der Waals surface area contributed by atoms with Crippen LogP contribution in [0.2, 0.25) is 0 Å². The molecule has 0 aromatic carbocycles. The Morgan fingerprint density at radius 1 is 1.18 bits per heavy atom. The van der Waals surface area contributed by atoms with E-state index < -0.39 is 11.6 Å². The number of fused-ring (bicyclic) bond motifs is 2. The fourth-order valence-corrected chi connectivity index (χ4v) is 6.14. The normalized spacial score (nSPS) is 40.5. The van der Waals surface area contributed by atoms with Gasteiger partial charge in [-0.25, -0.2) is 4.79 Å². The maximum absolute atomic E-state index is 13.0. The van der Waals surface area contributed by atoms with Gasteiger partial charge < -0.3 is 16.4 Å². The van der Waals surface area contributed by atoms with Crippen molar-refractivity contribution in [2.75, 3.05) is 6.54 Å². The lowest BCUT2D eigenvalue weighted by Gasteiger charge is -2.45. The van der Waals surface area contributed by atoms with Gasteiger partial charge in [-0.15, -0.1) is 0 Å². The van der Waals surface area contributed by atoms with Crippen molar-refractivity contribution in [2.45, 2.75) is 88.8 Å². The molecule has 2 atom stereocenters. The molecule has 1 heterocycles. The van der Waals surface area contributed by atoms with Gasteiger partial charge in [0.15, 0.2) is 0 Å². The summed E-state index contributed by atoms with van der Waals surface area (Å²) in [6.07, 6.45) is 9.67. The third-order valence-corrected chi connectivity index (χ3v) is 7.79. The highest BCUT2D eigenvalue weighted by Gasteiger charge is 2.52. The van der Waals surface area contributed by atoms with Crippen molar-refractivity contribution in [3.05, 3.63) is 0 Å². The second kappa shape index (κ2) is 7.65. The van der Waals surface area contributed by atoms with Crippen LogP contribution in [0.1, 0.15) is 71.1 Å². The summed E-state index contributed by atoms with van der Waals surface area (Å²) in [7, 11) is 0. The van der Waals surface area contributed by atoms with Crippen LogP contribution in [0.4, 0.5) is 4.79 Å². The molecule has 1 spiro atoms. The second-order valence-electron chi connectivity index (χ2n) is 9.53. The van der Waals surface area contributed by atoms with Gasteiger partial charge in [0.1, 0.15) is 12.1 Å². The Labute approximate surface area is 167 Å². The van der Waals surface area contributed by atoms with E-state index in [-0.39, 0.29) is 30.4 Å². The molecule has 28 heavy (non-hydrogen) atoms. The predicted molar refractivity (Wildman–Crippen MR) is 105 cm³/mol. The predicted octanol–water partition coefficient (Wildman–Crippen LogP) is 1.90.